The van der Waals surface area contributed by atoms with Crippen LogP contribution < -0.4 is 0 Å². The second-order valence-corrected chi connectivity index (χ2v) is 2.03. The van der Waals surface area contributed by atoms with E-state index in [2.05, 4.69) is 11.2 Å². The lowest BCUT2D eigenvalue weighted by Crippen LogP contribution is -2.23. The van der Waals surface area contributed by atoms with Crippen LogP contribution in [-0.2, 0) is 9.47 Å². The first-order valence-corrected chi connectivity index (χ1v) is 3.06. The second kappa shape index (κ2) is 2.17. The zero-order valence-electron chi connectivity index (χ0n) is 5.28. The predicted molar refractivity (Wildman–Crippen MR) is 35.5 cm³/mol. The van der Waals surface area contributed by atoms with Crippen molar-refractivity contribution in [3.8, 4) is 0 Å². The molecule has 3 heteroatoms. The van der Waals surface area contributed by atoms with Gasteiger partial charge in [0.15, 0.2) is 6.10 Å². The van der Waals surface area contributed by atoms with Crippen LogP contribution in [0.5, 0.6) is 0 Å². The number of rotatable bonds is 0. The smallest absolute Gasteiger partial charge is 0.175 e. The van der Waals surface area contributed by atoms with Gasteiger partial charge >= 0.3 is 0 Å². The lowest BCUT2D eigenvalue weighted by molar-refractivity contribution is 0.0921. The van der Waals surface area contributed by atoms with Gasteiger partial charge in [-0.1, -0.05) is 0 Å². The van der Waals surface area contributed by atoms with Crippen LogP contribution in [0.2, 0.25) is 0 Å². The lowest BCUT2D eigenvalue weighted by Gasteiger charge is -2.21. The van der Waals surface area contributed by atoms with Gasteiger partial charge < -0.3 is 9.47 Å². The van der Waals surface area contributed by atoms with E-state index in [-0.39, 0.29) is 6.10 Å². The molecule has 0 fully saturated rings. The molecule has 0 aromatic heterocycles. The standard InChI is InChI=1S/C7H6NO2/c1-2-8-5-7-6(1)9-3-4-10-7/h1,3-4,7H,5H2. The Hall–Kier alpha value is -1.25. The maximum absolute atomic E-state index is 5.17. The molecule has 0 aromatic carbocycles. The van der Waals surface area contributed by atoms with Crippen molar-refractivity contribution in [3.05, 3.63) is 24.4 Å². The molecule has 0 aliphatic carbocycles. The summed E-state index contributed by atoms with van der Waals surface area (Å²) in [6.07, 6.45) is 7.42. The van der Waals surface area contributed by atoms with Crippen LogP contribution in [0, 0.1) is 0 Å². The molecular formula is C7H6NO2. The predicted octanol–water partition coefficient (Wildman–Crippen LogP) is 0.718. The maximum Gasteiger partial charge on any atom is 0.175 e. The van der Waals surface area contributed by atoms with Crippen LogP contribution in [0.15, 0.2) is 29.4 Å². The number of nitrogens with zero attached hydrogens (tertiary/aromatic N) is 1. The van der Waals surface area contributed by atoms with Crippen LogP contribution >= 0.6 is 0 Å². The van der Waals surface area contributed by atoms with Crippen molar-refractivity contribution in [1.82, 2.24) is 0 Å². The van der Waals surface area contributed by atoms with Crippen LogP contribution in [-0.4, -0.2) is 18.9 Å². The molecule has 0 aromatic rings. The van der Waals surface area contributed by atoms with Gasteiger partial charge in [-0.3, -0.25) is 4.99 Å². The third kappa shape index (κ3) is 0.795. The van der Waals surface area contributed by atoms with Gasteiger partial charge in [0.25, 0.3) is 0 Å². The number of hydrogen-bond donors (Lipinski definition) is 0. The fourth-order valence-electron chi connectivity index (χ4n) is 0.881. The lowest BCUT2D eigenvalue weighted by atomic mass is 10.2. The van der Waals surface area contributed by atoms with E-state index >= 15 is 0 Å². The monoisotopic (exact) mass is 136 g/mol. The first-order valence-electron chi connectivity index (χ1n) is 3.06. The van der Waals surface area contributed by atoms with Gasteiger partial charge in [-0.25, -0.2) is 0 Å². The van der Waals surface area contributed by atoms with Crippen molar-refractivity contribution in [2.75, 3.05) is 6.54 Å². The molecule has 0 saturated carbocycles. The average Bonchev–Trinajstić information content (AvgIpc) is 2.05. The molecule has 0 N–H and O–H groups in total. The molecule has 2 heterocycles. The maximum atomic E-state index is 5.17. The summed E-state index contributed by atoms with van der Waals surface area (Å²) in [5.74, 6) is 0.789. The molecule has 1 unspecified atom stereocenters. The average molecular weight is 136 g/mol. The van der Waals surface area contributed by atoms with Crippen LogP contribution in [0.1, 0.15) is 0 Å². The first-order chi connectivity index (χ1) is 4.97. The van der Waals surface area contributed by atoms with E-state index < -0.39 is 0 Å². The number of aliphatic imine (C=N–C) groups is 1. The molecule has 0 spiro atoms. The topological polar surface area (TPSA) is 30.8 Å². The summed E-state index contributed by atoms with van der Waals surface area (Å²) in [5, 5.41) is 0. The Morgan fingerprint density at radius 2 is 2.60 bits per heavy atom. The normalized spacial score (nSPS) is 28.0. The molecule has 51 valence electrons. The summed E-state index contributed by atoms with van der Waals surface area (Å²) >= 11 is 0. The van der Waals surface area contributed by atoms with E-state index in [0.717, 1.165) is 5.76 Å². The Morgan fingerprint density at radius 1 is 1.60 bits per heavy atom. The molecule has 2 aliphatic heterocycles. The fourth-order valence-corrected chi connectivity index (χ4v) is 0.881. The molecular weight excluding hydrogens is 130 g/mol. The summed E-state index contributed by atoms with van der Waals surface area (Å²) in [6.45, 7) is 0.607. The molecule has 2 rings (SSSR count). The second-order valence-electron chi connectivity index (χ2n) is 2.03. The SMILES string of the molecule is [C]1=NCC2OC=COC2=C1. The van der Waals surface area contributed by atoms with Crippen molar-refractivity contribution in [2.45, 2.75) is 6.10 Å². The summed E-state index contributed by atoms with van der Waals surface area (Å²) in [6, 6.07) is 0. The Morgan fingerprint density at radius 3 is 3.50 bits per heavy atom. The molecule has 3 nitrogen and oxygen atoms in total. The van der Waals surface area contributed by atoms with E-state index in [9.17, 15) is 0 Å². The minimum Gasteiger partial charge on any atom is -0.485 e. The van der Waals surface area contributed by atoms with E-state index in [0.29, 0.717) is 6.54 Å². The molecule has 1 radical (unpaired) electrons. The van der Waals surface area contributed by atoms with E-state index in [4.69, 9.17) is 9.47 Å². The highest BCUT2D eigenvalue weighted by Crippen LogP contribution is 2.16. The molecule has 0 bridgehead atoms. The number of hydrogen-bond acceptors (Lipinski definition) is 3. The third-order valence-electron chi connectivity index (χ3n) is 1.38. The van der Waals surface area contributed by atoms with Crippen molar-refractivity contribution >= 4 is 6.21 Å². The van der Waals surface area contributed by atoms with Crippen LogP contribution in [0.4, 0.5) is 0 Å². The Balaban J connectivity index is 2.23. The Bertz CT molecular complexity index is 218. The van der Waals surface area contributed by atoms with E-state index in [1.54, 1.807) is 6.08 Å². The van der Waals surface area contributed by atoms with Crippen molar-refractivity contribution in [1.29, 1.82) is 0 Å². The minimum absolute atomic E-state index is 0.0220. The number of allylic oxidation sites excluding steroid dienone is 1. The quantitative estimate of drug-likeness (QED) is 0.491. The summed E-state index contributed by atoms with van der Waals surface area (Å²) < 4.78 is 10.3. The van der Waals surface area contributed by atoms with Crippen molar-refractivity contribution in [2.24, 2.45) is 4.99 Å². The Labute approximate surface area is 58.7 Å². The zero-order valence-corrected chi connectivity index (χ0v) is 5.28. The van der Waals surface area contributed by atoms with Gasteiger partial charge in [-0.2, -0.15) is 0 Å². The number of fused-ring (bicyclic) bond motifs is 1. The van der Waals surface area contributed by atoms with E-state index in [1.807, 2.05) is 0 Å². The zero-order chi connectivity index (χ0) is 6.81. The Kier molecular flexibility index (Phi) is 1.20. The van der Waals surface area contributed by atoms with Crippen LogP contribution in [0.3, 0.4) is 0 Å². The molecule has 2 aliphatic rings. The molecule has 1 atom stereocenters. The van der Waals surface area contributed by atoms with Crippen molar-refractivity contribution in [3.63, 3.8) is 0 Å². The fraction of sp³-hybridized carbons (Fsp3) is 0.286. The summed E-state index contributed by atoms with van der Waals surface area (Å²) in [5.41, 5.74) is 0. The number of dihydropyridines is 1. The summed E-state index contributed by atoms with van der Waals surface area (Å²) in [4.78, 5) is 3.90. The van der Waals surface area contributed by atoms with Crippen LogP contribution in [0.25, 0.3) is 0 Å². The summed E-state index contributed by atoms with van der Waals surface area (Å²) in [7, 11) is 0. The highest BCUT2D eigenvalue weighted by Gasteiger charge is 2.19. The minimum atomic E-state index is -0.0220. The van der Waals surface area contributed by atoms with Gasteiger partial charge in [0.05, 0.1) is 12.8 Å². The van der Waals surface area contributed by atoms with Gasteiger partial charge in [0.2, 0.25) is 0 Å². The van der Waals surface area contributed by atoms with Gasteiger partial charge in [-0.15, -0.1) is 0 Å². The van der Waals surface area contributed by atoms with E-state index in [1.165, 1.54) is 12.5 Å². The highest BCUT2D eigenvalue weighted by molar-refractivity contribution is 5.73. The molecule has 0 amide bonds. The molecule has 10 heavy (non-hydrogen) atoms. The first kappa shape index (κ1) is 5.53. The molecule has 0 saturated heterocycles. The van der Waals surface area contributed by atoms with Crippen molar-refractivity contribution < 1.29 is 9.47 Å². The largest absolute Gasteiger partial charge is 0.485 e. The van der Waals surface area contributed by atoms with Gasteiger partial charge in [-0.05, 0) is 0 Å². The third-order valence-corrected chi connectivity index (χ3v) is 1.38. The van der Waals surface area contributed by atoms with Gasteiger partial charge in [0.1, 0.15) is 18.3 Å². The van der Waals surface area contributed by atoms with Gasteiger partial charge in [0, 0.05) is 6.08 Å². The highest BCUT2D eigenvalue weighted by atomic mass is 16.6. The number of ether oxygens (including phenoxy) is 2.